The Hall–Kier alpha value is -0.310. The molecule has 1 N–H and O–H groups in total. The molecule has 1 aromatic rings. The largest absolute Gasteiger partial charge is 0.308 e. The van der Waals surface area contributed by atoms with Crippen molar-refractivity contribution in [2.45, 2.75) is 52.0 Å². The minimum atomic E-state index is 0.252. The van der Waals surface area contributed by atoms with Crippen molar-refractivity contribution in [3.05, 3.63) is 28.0 Å². The van der Waals surface area contributed by atoms with E-state index >= 15 is 0 Å². The molecule has 0 saturated heterocycles. The average molecular weight is 315 g/mol. The maximum atomic E-state index is 6.37. The number of hydrogen-bond donors (Lipinski definition) is 1. The Labute approximate surface area is 132 Å². The first-order valence-corrected chi connectivity index (χ1v) is 8.41. The fourth-order valence-corrected chi connectivity index (χ4v) is 3.72. The summed E-state index contributed by atoms with van der Waals surface area (Å²) in [6.07, 6.45) is 7.98. The standard InChI is InChI=1S/C16H24Cl2N2/c1-3-7-19-15(12-6-4-5-11(2)8-12)16-14(18)9-13(17)10-20-16/h9-12,15,19H,3-8H2,1-2H3. The molecule has 0 radical (unpaired) electrons. The lowest BCUT2D eigenvalue weighted by atomic mass is 9.77. The van der Waals surface area contributed by atoms with Gasteiger partial charge in [-0.05, 0) is 43.7 Å². The van der Waals surface area contributed by atoms with Gasteiger partial charge in [-0.15, -0.1) is 0 Å². The summed E-state index contributed by atoms with van der Waals surface area (Å²) >= 11 is 12.3. The Bertz CT molecular complexity index is 436. The molecule has 20 heavy (non-hydrogen) atoms. The first-order chi connectivity index (χ1) is 9.61. The molecule has 1 aliphatic rings. The smallest absolute Gasteiger partial charge is 0.0762 e. The average Bonchev–Trinajstić information content (AvgIpc) is 2.41. The van der Waals surface area contributed by atoms with Gasteiger partial charge in [0.2, 0.25) is 0 Å². The van der Waals surface area contributed by atoms with Gasteiger partial charge >= 0.3 is 0 Å². The van der Waals surface area contributed by atoms with Gasteiger partial charge in [0, 0.05) is 6.20 Å². The summed E-state index contributed by atoms with van der Waals surface area (Å²) in [5, 5.41) is 4.93. The quantitative estimate of drug-likeness (QED) is 0.802. The number of aromatic nitrogens is 1. The highest BCUT2D eigenvalue weighted by atomic mass is 35.5. The number of hydrogen-bond acceptors (Lipinski definition) is 2. The lowest BCUT2D eigenvalue weighted by Crippen LogP contribution is -2.32. The van der Waals surface area contributed by atoms with Crippen LogP contribution < -0.4 is 5.32 Å². The van der Waals surface area contributed by atoms with E-state index in [1.807, 2.05) is 0 Å². The van der Waals surface area contributed by atoms with Crippen molar-refractivity contribution in [2.24, 2.45) is 11.8 Å². The van der Waals surface area contributed by atoms with Crippen LogP contribution in [0.3, 0.4) is 0 Å². The monoisotopic (exact) mass is 314 g/mol. The lowest BCUT2D eigenvalue weighted by Gasteiger charge is -2.34. The second kappa shape index (κ2) is 7.63. The SMILES string of the molecule is CCCNC(c1ncc(Cl)cc1Cl)C1CCCC(C)C1. The van der Waals surface area contributed by atoms with Gasteiger partial charge in [0.15, 0.2) is 0 Å². The lowest BCUT2D eigenvalue weighted by molar-refractivity contribution is 0.221. The van der Waals surface area contributed by atoms with Gasteiger partial charge in [-0.1, -0.05) is 49.9 Å². The Balaban J connectivity index is 2.21. The molecule has 1 aliphatic carbocycles. The highest BCUT2D eigenvalue weighted by Crippen LogP contribution is 2.38. The van der Waals surface area contributed by atoms with E-state index in [0.717, 1.165) is 24.6 Å². The molecule has 3 atom stereocenters. The minimum Gasteiger partial charge on any atom is -0.308 e. The van der Waals surface area contributed by atoms with Crippen LogP contribution in [0.2, 0.25) is 10.0 Å². The third-order valence-electron chi connectivity index (χ3n) is 4.19. The molecule has 0 aromatic carbocycles. The number of nitrogens with zero attached hydrogens (tertiary/aromatic N) is 1. The summed E-state index contributed by atoms with van der Waals surface area (Å²) in [4.78, 5) is 4.50. The van der Waals surface area contributed by atoms with E-state index in [0.29, 0.717) is 16.0 Å². The number of rotatable bonds is 5. The van der Waals surface area contributed by atoms with Crippen LogP contribution in [0.25, 0.3) is 0 Å². The summed E-state index contributed by atoms with van der Waals surface area (Å²) in [5.41, 5.74) is 0.962. The summed E-state index contributed by atoms with van der Waals surface area (Å²) in [7, 11) is 0. The van der Waals surface area contributed by atoms with Crippen LogP contribution >= 0.6 is 23.2 Å². The molecule has 1 heterocycles. The zero-order chi connectivity index (χ0) is 14.5. The Morgan fingerprint density at radius 3 is 2.85 bits per heavy atom. The second-order valence-electron chi connectivity index (χ2n) is 5.98. The molecule has 0 amide bonds. The Kier molecular flexibility index (Phi) is 6.13. The van der Waals surface area contributed by atoms with Gasteiger partial charge in [0.05, 0.1) is 21.8 Å². The molecule has 0 aliphatic heterocycles. The number of pyridine rings is 1. The molecular formula is C16H24Cl2N2. The van der Waals surface area contributed by atoms with Crippen LogP contribution in [-0.2, 0) is 0 Å². The van der Waals surface area contributed by atoms with E-state index in [1.165, 1.54) is 25.7 Å². The Morgan fingerprint density at radius 2 is 2.20 bits per heavy atom. The van der Waals surface area contributed by atoms with Gasteiger partial charge in [0.25, 0.3) is 0 Å². The van der Waals surface area contributed by atoms with Gasteiger partial charge in [-0.25, -0.2) is 0 Å². The predicted molar refractivity (Wildman–Crippen MR) is 86.4 cm³/mol. The fourth-order valence-electron chi connectivity index (χ4n) is 3.22. The summed E-state index contributed by atoms with van der Waals surface area (Å²) in [6.45, 7) is 5.53. The predicted octanol–water partition coefficient (Wildman–Crippen LogP) is 5.26. The van der Waals surface area contributed by atoms with Crippen molar-refractivity contribution < 1.29 is 0 Å². The van der Waals surface area contributed by atoms with Crippen molar-refractivity contribution in [3.63, 3.8) is 0 Å². The molecular weight excluding hydrogens is 291 g/mol. The molecule has 0 bridgehead atoms. The zero-order valence-corrected chi connectivity index (χ0v) is 13.8. The first-order valence-electron chi connectivity index (χ1n) is 7.66. The molecule has 0 spiro atoms. The second-order valence-corrected chi connectivity index (χ2v) is 6.83. The summed E-state index contributed by atoms with van der Waals surface area (Å²) in [6, 6.07) is 2.06. The highest BCUT2D eigenvalue weighted by Gasteiger charge is 2.29. The molecule has 112 valence electrons. The maximum absolute atomic E-state index is 6.37. The molecule has 2 nitrogen and oxygen atoms in total. The van der Waals surface area contributed by atoms with E-state index in [1.54, 1.807) is 12.3 Å². The maximum Gasteiger partial charge on any atom is 0.0762 e. The van der Waals surface area contributed by atoms with Gasteiger partial charge in [0.1, 0.15) is 0 Å². The zero-order valence-electron chi connectivity index (χ0n) is 12.3. The van der Waals surface area contributed by atoms with Crippen molar-refractivity contribution in [1.82, 2.24) is 10.3 Å². The van der Waals surface area contributed by atoms with E-state index in [9.17, 15) is 0 Å². The number of halogens is 2. The van der Waals surface area contributed by atoms with Crippen LogP contribution in [-0.4, -0.2) is 11.5 Å². The van der Waals surface area contributed by atoms with Crippen LogP contribution in [0.15, 0.2) is 12.3 Å². The van der Waals surface area contributed by atoms with E-state index < -0.39 is 0 Å². The van der Waals surface area contributed by atoms with Crippen molar-refractivity contribution >= 4 is 23.2 Å². The van der Waals surface area contributed by atoms with Crippen molar-refractivity contribution in [3.8, 4) is 0 Å². The molecule has 1 saturated carbocycles. The third-order valence-corrected chi connectivity index (χ3v) is 4.70. The summed E-state index contributed by atoms with van der Waals surface area (Å²) < 4.78 is 0. The molecule has 1 fully saturated rings. The van der Waals surface area contributed by atoms with Gasteiger partial charge in [-0.2, -0.15) is 0 Å². The molecule has 2 rings (SSSR count). The van der Waals surface area contributed by atoms with Gasteiger partial charge < -0.3 is 5.32 Å². The fraction of sp³-hybridized carbons (Fsp3) is 0.688. The normalized spacial score (nSPS) is 24.6. The van der Waals surface area contributed by atoms with E-state index in [-0.39, 0.29) is 6.04 Å². The third kappa shape index (κ3) is 4.09. The van der Waals surface area contributed by atoms with Crippen LogP contribution in [0, 0.1) is 11.8 Å². The van der Waals surface area contributed by atoms with Crippen LogP contribution in [0.4, 0.5) is 0 Å². The van der Waals surface area contributed by atoms with Crippen molar-refractivity contribution in [1.29, 1.82) is 0 Å². The van der Waals surface area contributed by atoms with Crippen LogP contribution in [0.1, 0.15) is 57.7 Å². The summed E-state index contributed by atoms with van der Waals surface area (Å²) in [5.74, 6) is 1.42. The van der Waals surface area contributed by atoms with Gasteiger partial charge in [-0.3, -0.25) is 4.98 Å². The van der Waals surface area contributed by atoms with Crippen molar-refractivity contribution in [2.75, 3.05) is 6.54 Å². The van der Waals surface area contributed by atoms with E-state index in [2.05, 4.69) is 24.1 Å². The van der Waals surface area contributed by atoms with Crippen LogP contribution in [0.5, 0.6) is 0 Å². The molecule has 3 unspecified atom stereocenters. The molecule has 4 heteroatoms. The Morgan fingerprint density at radius 1 is 1.40 bits per heavy atom. The minimum absolute atomic E-state index is 0.252. The van der Waals surface area contributed by atoms with E-state index in [4.69, 9.17) is 23.2 Å². The highest BCUT2D eigenvalue weighted by molar-refractivity contribution is 6.34. The number of nitrogens with one attached hydrogen (secondary N) is 1. The first kappa shape index (κ1) is 16.1. The topological polar surface area (TPSA) is 24.9 Å². The molecule has 1 aromatic heterocycles.